The van der Waals surface area contributed by atoms with E-state index in [1.165, 1.54) is 0 Å². The van der Waals surface area contributed by atoms with Gasteiger partial charge < -0.3 is 19.1 Å². The van der Waals surface area contributed by atoms with Crippen LogP contribution in [-0.2, 0) is 13.0 Å². The highest BCUT2D eigenvalue weighted by Crippen LogP contribution is 2.28. The summed E-state index contributed by atoms with van der Waals surface area (Å²) in [4.78, 5) is 4.44. The molecule has 3 rings (SSSR count). The summed E-state index contributed by atoms with van der Waals surface area (Å²) in [6.07, 6.45) is 4.36. The third kappa shape index (κ3) is 3.35. The molecule has 1 aromatic heterocycles. The summed E-state index contributed by atoms with van der Waals surface area (Å²) in [7, 11) is 3.25. The number of hydrogen-bond donors (Lipinski definition) is 1. The Bertz CT molecular complexity index is 827. The molecule has 0 atom stereocenters. The third-order valence-corrected chi connectivity index (χ3v) is 3.94. The van der Waals surface area contributed by atoms with E-state index >= 15 is 0 Å². The van der Waals surface area contributed by atoms with E-state index in [1.54, 1.807) is 26.5 Å². The van der Waals surface area contributed by atoms with Crippen LogP contribution in [0.1, 0.15) is 17.0 Å². The van der Waals surface area contributed by atoms with Crippen LogP contribution in [0.3, 0.4) is 0 Å². The topological polar surface area (TPSA) is 56.5 Å². The Morgan fingerprint density at radius 3 is 2.58 bits per heavy atom. The summed E-state index contributed by atoms with van der Waals surface area (Å²) < 4.78 is 12.7. The second kappa shape index (κ2) is 7.08. The van der Waals surface area contributed by atoms with E-state index in [2.05, 4.69) is 4.98 Å². The molecular weight excluding hydrogens is 304 g/mol. The van der Waals surface area contributed by atoms with Crippen molar-refractivity contribution in [1.82, 2.24) is 9.55 Å². The van der Waals surface area contributed by atoms with Gasteiger partial charge in [-0.25, -0.2) is 4.98 Å². The molecule has 5 heteroatoms. The fourth-order valence-electron chi connectivity index (χ4n) is 2.65. The van der Waals surface area contributed by atoms with E-state index in [1.807, 2.05) is 47.2 Å². The highest BCUT2D eigenvalue weighted by atomic mass is 16.5. The summed E-state index contributed by atoms with van der Waals surface area (Å²) in [5.41, 5.74) is 1.95. The van der Waals surface area contributed by atoms with Gasteiger partial charge in [0.05, 0.1) is 20.8 Å². The van der Waals surface area contributed by atoms with Gasteiger partial charge in [-0.2, -0.15) is 0 Å². The SMILES string of the molecule is COc1ccc(Cc2nccn2Cc2ccccc2O)cc1OC. The van der Waals surface area contributed by atoms with E-state index < -0.39 is 0 Å². The summed E-state index contributed by atoms with van der Waals surface area (Å²) in [6.45, 7) is 0.579. The average Bonchev–Trinajstić information content (AvgIpc) is 3.03. The van der Waals surface area contributed by atoms with Gasteiger partial charge in [-0.3, -0.25) is 0 Å². The van der Waals surface area contributed by atoms with Crippen LogP contribution in [0.5, 0.6) is 17.2 Å². The van der Waals surface area contributed by atoms with Crippen molar-refractivity contribution in [2.24, 2.45) is 0 Å². The zero-order chi connectivity index (χ0) is 16.9. The van der Waals surface area contributed by atoms with Crippen molar-refractivity contribution in [2.45, 2.75) is 13.0 Å². The summed E-state index contributed by atoms with van der Waals surface area (Å²) in [5, 5.41) is 9.95. The molecule has 3 aromatic rings. The molecule has 0 fully saturated rings. The van der Waals surface area contributed by atoms with Crippen LogP contribution >= 0.6 is 0 Å². The lowest BCUT2D eigenvalue weighted by molar-refractivity contribution is 0.354. The molecular formula is C19H20N2O3. The molecule has 0 unspecified atom stereocenters. The molecule has 1 heterocycles. The number of aromatic hydroxyl groups is 1. The van der Waals surface area contributed by atoms with E-state index in [9.17, 15) is 5.11 Å². The maximum atomic E-state index is 9.95. The maximum Gasteiger partial charge on any atom is 0.161 e. The highest BCUT2D eigenvalue weighted by Gasteiger charge is 2.10. The average molecular weight is 324 g/mol. The Morgan fingerprint density at radius 1 is 1.04 bits per heavy atom. The van der Waals surface area contributed by atoms with Gasteiger partial charge in [-0.05, 0) is 23.8 Å². The van der Waals surface area contributed by atoms with Crippen molar-refractivity contribution in [3.8, 4) is 17.2 Å². The van der Waals surface area contributed by atoms with E-state index in [4.69, 9.17) is 9.47 Å². The first kappa shape index (κ1) is 15.9. The largest absolute Gasteiger partial charge is 0.508 e. The number of imidazole rings is 1. The van der Waals surface area contributed by atoms with Gasteiger partial charge in [0.15, 0.2) is 11.5 Å². The number of benzene rings is 2. The Labute approximate surface area is 141 Å². The molecule has 24 heavy (non-hydrogen) atoms. The zero-order valence-corrected chi connectivity index (χ0v) is 13.8. The predicted molar refractivity (Wildman–Crippen MR) is 91.8 cm³/mol. The maximum absolute atomic E-state index is 9.95. The Hall–Kier alpha value is -2.95. The lowest BCUT2D eigenvalue weighted by atomic mass is 10.1. The summed E-state index contributed by atoms with van der Waals surface area (Å²) >= 11 is 0. The molecule has 1 N–H and O–H groups in total. The van der Waals surface area contributed by atoms with Crippen LogP contribution in [0.2, 0.25) is 0 Å². The van der Waals surface area contributed by atoms with Crippen molar-refractivity contribution in [1.29, 1.82) is 0 Å². The smallest absolute Gasteiger partial charge is 0.161 e. The molecule has 0 aliphatic carbocycles. The molecule has 0 bridgehead atoms. The first-order valence-corrected chi connectivity index (χ1v) is 7.69. The number of para-hydroxylation sites is 1. The van der Waals surface area contributed by atoms with Gasteiger partial charge in [0, 0.05) is 24.4 Å². The van der Waals surface area contributed by atoms with E-state index in [0.717, 1.165) is 17.0 Å². The summed E-state index contributed by atoms with van der Waals surface area (Å²) in [5.74, 6) is 2.63. The minimum absolute atomic E-state index is 0.295. The van der Waals surface area contributed by atoms with Crippen LogP contribution in [0, 0.1) is 0 Å². The second-order valence-electron chi connectivity index (χ2n) is 5.47. The van der Waals surface area contributed by atoms with Crippen LogP contribution in [0.4, 0.5) is 0 Å². The van der Waals surface area contributed by atoms with Crippen LogP contribution in [-0.4, -0.2) is 28.9 Å². The third-order valence-electron chi connectivity index (χ3n) is 3.94. The van der Waals surface area contributed by atoms with Crippen LogP contribution < -0.4 is 9.47 Å². The predicted octanol–water partition coefficient (Wildman–Crippen LogP) is 3.25. The van der Waals surface area contributed by atoms with Crippen LogP contribution in [0.15, 0.2) is 54.9 Å². The Kier molecular flexibility index (Phi) is 4.70. The number of rotatable bonds is 6. The fraction of sp³-hybridized carbons (Fsp3) is 0.211. The lowest BCUT2D eigenvalue weighted by Crippen LogP contribution is -2.05. The van der Waals surface area contributed by atoms with Crippen molar-refractivity contribution in [3.05, 3.63) is 71.8 Å². The molecule has 0 saturated carbocycles. The second-order valence-corrected chi connectivity index (χ2v) is 5.47. The van der Waals surface area contributed by atoms with Gasteiger partial charge in [0.1, 0.15) is 11.6 Å². The Morgan fingerprint density at radius 2 is 1.83 bits per heavy atom. The molecule has 0 saturated heterocycles. The van der Waals surface area contributed by atoms with Gasteiger partial charge in [-0.15, -0.1) is 0 Å². The van der Waals surface area contributed by atoms with Gasteiger partial charge in [-0.1, -0.05) is 24.3 Å². The zero-order valence-electron chi connectivity index (χ0n) is 13.8. The number of methoxy groups -OCH3 is 2. The monoisotopic (exact) mass is 324 g/mol. The number of hydrogen-bond acceptors (Lipinski definition) is 4. The van der Waals surface area contributed by atoms with Crippen LogP contribution in [0.25, 0.3) is 0 Å². The van der Waals surface area contributed by atoms with Crippen molar-refractivity contribution in [3.63, 3.8) is 0 Å². The quantitative estimate of drug-likeness (QED) is 0.756. The summed E-state index contributed by atoms with van der Waals surface area (Å²) in [6, 6.07) is 13.2. The normalized spacial score (nSPS) is 10.6. The molecule has 0 aliphatic rings. The molecule has 0 amide bonds. The first-order chi connectivity index (χ1) is 11.7. The van der Waals surface area contributed by atoms with Gasteiger partial charge >= 0.3 is 0 Å². The van der Waals surface area contributed by atoms with E-state index in [-0.39, 0.29) is 0 Å². The van der Waals surface area contributed by atoms with Crippen molar-refractivity contribution < 1.29 is 14.6 Å². The van der Waals surface area contributed by atoms with Crippen molar-refractivity contribution >= 4 is 0 Å². The minimum atomic E-state index is 0.295. The highest BCUT2D eigenvalue weighted by molar-refractivity contribution is 5.43. The number of ether oxygens (including phenoxy) is 2. The van der Waals surface area contributed by atoms with E-state index in [0.29, 0.717) is 30.2 Å². The lowest BCUT2D eigenvalue weighted by Gasteiger charge is -2.11. The standard InChI is InChI=1S/C19H20N2O3/c1-23-17-8-7-14(11-18(17)24-2)12-19-20-9-10-21(19)13-15-5-3-4-6-16(15)22/h3-11,22H,12-13H2,1-2H3. The minimum Gasteiger partial charge on any atom is -0.508 e. The first-order valence-electron chi connectivity index (χ1n) is 7.69. The fourth-order valence-corrected chi connectivity index (χ4v) is 2.65. The molecule has 5 nitrogen and oxygen atoms in total. The number of nitrogens with zero attached hydrogens (tertiary/aromatic N) is 2. The molecule has 0 aliphatic heterocycles. The molecule has 124 valence electrons. The number of aromatic nitrogens is 2. The Balaban J connectivity index is 1.82. The number of phenolic OH excluding ortho intramolecular Hbond substituents is 1. The molecule has 0 spiro atoms. The van der Waals surface area contributed by atoms with Gasteiger partial charge in [0.25, 0.3) is 0 Å². The van der Waals surface area contributed by atoms with Crippen molar-refractivity contribution in [2.75, 3.05) is 14.2 Å². The molecule has 0 radical (unpaired) electrons. The van der Waals surface area contributed by atoms with Gasteiger partial charge in [0.2, 0.25) is 0 Å². The number of phenols is 1. The molecule has 2 aromatic carbocycles.